The van der Waals surface area contributed by atoms with Crippen molar-refractivity contribution in [1.29, 1.82) is 0 Å². The van der Waals surface area contributed by atoms with E-state index in [1.165, 1.54) is 36.6 Å². The second-order valence-corrected chi connectivity index (χ2v) is 12.1. The molecule has 15 heteroatoms. The van der Waals surface area contributed by atoms with Gasteiger partial charge in [0.05, 0.1) is 36.6 Å². The standard InChI is InChI=1S/C26H19BrF5N2O5PS/c1-37-24(35)18-6-4-17(5-7-18)23-15-41-25(33-23)34(21-10-8-20(9-11-21)26(28,29)30)13-16-2-3-19(22(27)12-16)14-40(36,38-31)39-32/h2-12,15H,13-14H2,1H3. The van der Waals surface area contributed by atoms with Crippen LogP contribution in [0.15, 0.2) is 76.6 Å². The number of rotatable bonds is 10. The first-order valence-corrected chi connectivity index (χ1v) is 14.9. The highest BCUT2D eigenvalue weighted by Crippen LogP contribution is 2.53. The van der Waals surface area contributed by atoms with Crippen LogP contribution in [0.25, 0.3) is 11.3 Å². The number of methoxy groups -OCH3 is 1. The summed E-state index contributed by atoms with van der Waals surface area (Å²) >= 11 is 4.53. The Balaban J connectivity index is 1.67. The highest BCUT2D eigenvalue weighted by atomic mass is 79.9. The number of halogens is 6. The number of aromatic nitrogens is 1. The van der Waals surface area contributed by atoms with Gasteiger partial charge in [-0.1, -0.05) is 40.2 Å². The van der Waals surface area contributed by atoms with Gasteiger partial charge in [0.25, 0.3) is 0 Å². The second kappa shape index (κ2) is 12.8. The Morgan fingerprint density at radius 1 is 1.02 bits per heavy atom. The number of esters is 1. The first-order valence-electron chi connectivity index (χ1n) is 11.5. The molecule has 4 aromatic rings. The van der Waals surface area contributed by atoms with Crippen molar-refractivity contribution in [3.8, 4) is 11.3 Å². The van der Waals surface area contributed by atoms with Gasteiger partial charge in [-0.15, -0.1) is 20.8 Å². The molecule has 0 amide bonds. The number of hydrogen-bond donors (Lipinski definition) is 0. The lowest BCUT2D eigenvalue weighted by Crippen LogP contribution is -2.17. The molecule has 0 aliphatic carbocycles. The molecule has 0 bridgehead atoms. The number of hydrogen-bond acceptors (Lipinski definition) is 8. The lowest BCUT2D eigenvalue weighted by atomic mass is 10.1. The Kier molecular flexibility index (Phi) is 9.60. The van der Waals surface area contributed by atoms with Crippen LogP contribution in [0.1, 0.15) is 27.0 Å². The van der Waals surface area contributed by atoms with E-state index in [9.17, 15) is 31.6 Å². The summed E-state index contributed by atoms with van der Waals surface area (Å²) in [5.74, 6) is -0.488. The molecular formula is C26H19BrF5N2O5PS. The molecule has 0 fully saturated rings. The fraction of sp³-hybridized carbons (Fsp3) is 0.154. The predicted molar refractivity (Wildman–Crippen MR) is 146 cm³/mol. The van der Waals surface area contributed by atoms with Crippen molar-refractivity contribution in [2.75, 3.05) is 12.0 Å². The molecule has 3 aromatic carbocycles. The van der Waals surface area contributed by atoms with Crippen molar-refractivity contribution in [2.45, 2.75) is 18.9 Å². The van der Waals surface area contributed by atoms with Crippen molar-refractivity contribution in [1.82, 2.24) is 4.98 Å². The number of thiazole rings is 1. The van der Waals surface area contributed by atoms with Gasteiger partial charge in [-0.2, -0.15) is 13.2 Å². The summed E-state index contributed by atoms with van der Waals surface area (Å²) in [6, 6.07) is 15.8. The molecule has 0 spiro atoms. The van der Waals surface area contributed by atoms with Crippen molar-refractivity contribution in [3.63, 3.8) is 0 Å². The first kappa shape index (κ1) is 30.8. The van der Waals surface area contributed by atoms with Crippen LogP contribution in [0, 0.1) is 0 Å². The Labute approximate surface area is 243 Å². The van der Waals surface area contributed by atoms with Crippen LogP contribution in [0.5, 0.6) is 0 Å². The van der Waals surface area contributed by atoms with E-state index in [0.717, 1.165) is 12.1 Å². The van der Waals surface area contributed by atoms with E-state index >= 15 is 0 Å². The summed E-state index contributed by atoms with van der Waals surface area (Å²) in [5.41, 5.74) is 2.11. The minimum Gasteiger partial charge on any atom is -0.465 e. The van der Waals surface area contributed by atoms with Gasteiger partial charge in [-0.05, 0) is 62.6 Å². The third-order valence-electron chi connectivity index (χ3n) is 5.86. The van der Waals surface area contributed by atoms with Crippen molar-refractivity contribution in [3.05, 3.63) is 98.8 Å². The summed E-state index contributed by atoms with van der Waals surface area (Å²) in [4.78, 5) is 18.1. The highest BCUT2D eigenvalue weighted by molar-refractivity contribution is 9.10. The quantitative estimate of drug-likeness (QED) is 0.0941. The molecule has 0 atom stereocenters. The van der Waals surface area contributed by atoms with Crippen LogP contribution in [0.4, 0.5) is 33.0 Å². The number of carbonyl (C=O) groups is 1. The Morgan fingerprint density at radius 3 is 2.24 bits per heavy atom. The number of alkyl halides is 3. The molecule has 0 aliphatic rings. The van der Waals surface area contributed by atoms with Gasteiger partial charge in [-0.3, -0.25) is 4.57 Å². The van der Waals surface area contributed by atoms with Crippen LogP contribution >= 0.6 is 34.9 Å². The van der Waals surface area contributed by atoms with Crippen molar-refractivity contribution < 1.29 is 45.8 Å². The van der Waals surface area contributed by atoms with Crippen molar-refractivity contribution >= 4 is 51.7 Å². The van der Waals surface area contributed by atoms with E-state index < -0.39 is 31.5 Å². The monoisotopic (exact) mass is 676 g/mol. The summed E-state index contributed by atoms with van der Waals surface area (Å²) < 4.78 is 87.9. The highest BCUT2D eigenvalue weighted by Gasteiger charge is 2.31. The lowest BCUT2D eigenvalue weighted by Gasteiger charge is -2.23. The van der Waals surface area contributed by atoms with Crippen LogP contribution in [0.3, 0.4) is 0 Å². The largest absolute Gasteiger partial charge is 0.465 e. The molecular weight excluding hydrogens is 658 g/mol. The molecule has 4 rings (SSSR count). The van der Waals surface area contributed by atoms with Crippen LogP contribution in [-0.2, 0) is 37.6 Å². The number of ether oxygens (including phenoxy) is 1. The van der Waals surface area contributed by atoms with Gasteiger partial charge < -0.3 is 9.64 Å². The van der Waals surface area contributed by atoms with E-state index in [-0.39, 0.29) is 12.1 Å². The molecule has 41 heavy (non-hydrogen) atoms. The predicted octanol–water partition coefficient (Wildman–Crippen LogP) is 9.21. The van der Waals surface area contributed by atoms with E-state index in [1.807, 2.05) is 0 Å². The Morgan fingerprint density at radius 2 is 1.68 bits per heavy atom. The minimum atomic E-state index is -4.62. The number of anilines is 2. The molecule has 0 aliphatic heterocycles. The lowest BCUT2D eigenvalue weighted by molar-refractivity contribution is -0.137. The maximum atomic E-state index is 13.2. The number of nitrogens with zero attached hydrogens (tertiary/aromatic N) is 2. The third kappa shape index (κ3) is 7.38. The summed E-state index contributed by atoms with van der Waals surface area (Å²) in [6.45, 7) is 0.134. The molecule has 1 heterocycles. The minimum absolute atomic E-state index is 0.134. The van der Waals surface area contributed by atoms with E-state index in [4.69, 9.17) is 4.74 Å². The fourth-order valence-electron chi connectivity index (χ4n) is 3.78. The molecule has 7 nitrogen and oxygen atoms in total. The normalized spacial score (nSPS) is 11.9. The SMILES string of the molecule is COC(=O)c1ccc(-c2csc(N(Cc3ccc(CP(=O)(OF)OF)c(Br)c3)c3ccc(C(F)(F)F)cc3)n2)cc1. The van der Waals surface area contributed by atoms with Crippen LogP contribution < -0.4 is 4.90 Å². The zero-order chi connectivity index (χ0) is 29.8. The van der Waals surface area contributed by atoms with E-state index in [1.54, 1.807) is 46.7 Å². The molecule has 216 valence electrons. The first-order chi connectivity index (χ1) is 19.5. The van der Waals surface area contributed by atoms with Crippen LogP contribution in [-0.4, -0.2) is 18.1 Å². The molecule has 1 aromatic heterocycles. The maximum Gasteiger partial charge on any atom is 0.416 e. The van der Waals surface area contributed by atoms with Crippen LogP contribution in [0.2, 0.25) is 0 Å². The zero-order valence-electron chi connectivity index (χ0n) is 20.9. The van der Waals surface area contributed by atoms with Gasteiger partial charge in [0.2, 0.25) is 0 Å². The molecule has 0 unspecified atom stereocenters. The molecule has 0 radical (unpaired) electrons. The summed E-state index contributed by atoms with van der Waals surface area (Å²) in [5, 5.41) is 2.22. The zero-order valence-corrected chi connectivity index (χ0v) is 24.2. The van der Waals surface area contributed by atoms with E-state index in [2.05, 4.69) is 30.4 Å². The third-order valence-corrected chi connectivity index (χ3v) is 8.61. The van der Waals surface area contributed by atoms with Gasteiger partial charge in [0, 0.05) is 21.1 Å². The summed E-state index contributed by atoms with van der Waals surface area (Å²) in [7, 11) is -3.35. The Hall–Kier alpha value is -3.16. The fourth-order valence-corrected chi connectivity index (χ4v) is 6.23. The Bertz CT molecular complexity index is 1560. The molecule has 0 N–H and O–H groups in total. The number of carbonyl (C=O) groups excluding carboxylic acids is 1. The molecule has 0 saturated heterocycles. The van der Waals surface area contributed by atoms with E-state index in [0.29, 0.717) is 37.7 Å². The van der Waals surface area contributed by atoms with Gasteiger partial charge in [-0.25, -0.2) is 9.78 Å². The maximum absolute atomic E-state index is 13.2. The average molecular weight is 677 g/mol. The van der Waals surface area contributed by atoms with Gasteiger partial charge in [0.1, 0.15) is 0 Å². The summed E-state index contributed by atoms with van der Waals surface area (Å²) in [6.07, 6.45) is -5.20. The number of benzene rings is 3. The average Bonchev–Trinajstić information content (AvgIpc) is 3.46. The molecule has 0 saturated carbocycles. The topological polar surface area (TPSA) is 78.0 Å². The van der Waals surface area contributed by atoms with Gasteiger partial charge in [0.15, 0.2) is 5.13 Å². The van der Waals surface area contributed by atoms with Gasteiger partial charge >= 0.3 is 19.7 Å². The van der Waals surface area contributed by atoms with Crippen molar-refractivity contribution in [2.24, 2.45) is 0 Å². The smallest absolute Gasteiger partial charge is 0.416 e. The second-order valence-electron chi connectivity index (χ2n) is 8.55.